The van der Waals surface area contributed by atoms with Gasteiger partial charge >= 0.3 is 0 Å². The molecule has 2 aliphatic rings. The molecule has 1 unspecified atom stereocenters. The van der Waals surface area contributed by atoms with Crippen LogP contribution in [0.2, 0.25) is 0 Å². The molecule has 29 heavy (non-hydrogen) atoms. The van der Waals surface area contributed by atoms with Crippen LogP contribution in [0.25, 0.3) is 11.1 Å². The number of likely N-dealkylation sites (tertiary alicyclic amines) is 1. The normalized spacial score (nSPS) is 18.9. The number of hydrogen-bond acceptors (Lipinski definition) is 4. The van der Waals surface area contributed by atoms with Crippen molar-refractivity contribution >= 4 is 0 Å². The summed E-state index contributed by atoms with van der Waals surface area (Å²) in [4.78, 5) is 2.59. The fourth-order valence-electron chi connectivity index (χ4n) is 4.50. The van der Waals surface area contributed by atoms with E-state index >= 15 is 0 Å². The van der Waals surface area contributed by atoms with Gasteiger partial charge < -0.3 is 9.47 Å². The Morgan fingerprint density at radius 2 is 1.90 bits per heavy atom. The molecule has 0 bridgehead atoms. The lowest BCUT2D eigenvalue weighted by atomic mass is 10.00. The van der Waals surface area contributed by atoms with Crippen molar-refractivity contribution in [3.8, 4) is 22.6 Å². The fourth-order valence-corrected chi connectivity index (χ4v) is 4.50. The molecule has 1 aromatic heterocycles. The summed E-state index contributed by atoms with van der Waals surface area (Å²) in [5.41, 5.74) is 6.44. The quantitative estimate of drug-likeness (QED) is 0.658. The number of benzene rings is 2. The zero-order chi connectivity index (χ0) is 19.8. The van der Waals surface area contributed by atoms with E-state index in [0.29, 0.717) is 19.3 Å². The maximum absolute atomic E-state index is 5.80. The summed E-state index contributed by atoms with van der Waals surface area (Å²) in [6.45, 7) is 5.58. The molecular weight excluding hydrogens is 362 g/mol. The van der Waals surface area contributed by atoms with E-state index in [2.05, 4.69) is 59.5 Å². The second-order valence-corrected chi connectivity index (χ2v) is 8.08. The maximum Gasteiger partial charge on any atom is 0.161 e. The molecule has 3 heterocycles. The number of fused-ring (bicyclic) bond motifs is 1. The van der Waals surface area contributed by atoms with Crippen molar-refractivity contribution in [2.24, 2.45) is 7.05 Å². The van der Waals surface area contributed by atoms with Crippen LogP contribution < -0.4 is 9.47 Å². The summed E-state index contributed by atoms with van der Waals surface area (Å²) in [7, 11) is 1.95. The molecule has 0 spiro atoms. The first kappa shape index (κ1) is 18.3. The van der Waals surface area contributed by atoms with Crippen molar-refractivity contribution in [3.63, 3.8) is 0 Å². The van der Waals surface area contributed by atoms with Gasteiger partial charge in [0.15, 0.2) is 11.5 Å². The maximum atomic E-state index is 5.80. The van der Waals surface area contributed by atoms with Crippen LogP contribution >= 0.6 is 0 Å². The minimum atomic E-state index is 0.434. The fraction of sp³-hybridized carbons (Fsp3) is 0.375. The first-order chi connectivity index (χ1) is 14.2. The van der Waals surface area contributed by atoms with Gasteiger partial charge in [0.05, 0.1) is 6.20 Å². The molecule has 150 valence electrons. The molecule has 5 rings (SSSR count). The van der Waals surface area contributed by atoms with Gasteiger partial charge in [0.25, 0.3) is 0 Å². The molecule has 0 N–H and O–H groups in total. The monoisotopic (exact) mass is 389 g/mol. The minimum Gasteiger partial charge on any atom is -0.486 e. The standard InChI is InChI=1S/C24H27N3O2/c1-17-12-18(21-14-25-26(2)15-21)5-6-20(17)16-27-9-3-4-22(27)19-7-8-23-24(13-19)29-11-10-28-23/h5-8,12-15,22H,3-4,9-11,16H2,1-2H3. The molecular formula is C24H27N3O2. The summed E-state index contributed by atoms with van der Waals surface area (Å²) in [6.07, 6.45) is 6.40. The SMILES string of the molecule is Cc1cc(-c2cnn(C)c2)ccc1CN1CCCC1c1ccc2c(c1)OCCO2. The lowest BCUT2D eigenvalue weighted by Gasteiger charge is -2.27. The molecule has 3 aromatic rings. The van der Waals surface area contributed by atoms with E-state index in [1.807, 2.05) is 17.9 Å². The molecule has 0 saturated carbocycles. The predicted molar refractivity (Wildman–Crippen MR) is 113 cm³/mol. The molecule has 5 nitrogen and oxygen atoms in total. The molecule has 0 aliphatic carbocycles. The largest absolute Gasteiger partial charge is 0.486 e. The first-order valence-electron chi connectivity index (χ1n) is 10.4. The summed E-state index contributed by atoms with van der Waals surface area (Å²) in [5, 5.41) is 4.29. The second kappa shape index (κ2) is 7.56. The van der Waals surface area contributed by atoms with Gasteiger partial charge in [-0.2, -0.15) is 5.10 Å². The number of ether oxygens (including phenoxy) is 2. The molecule has 1 fully saturated rings. The number of aromatic nitrogens is 2. The highest BCUT2D eigenvalue weighted by atomic mass is 16.6. The van der Waals surface area contributed by atoms with E-state index < -0.39 is 0 Å². The Morgan fingerprint density at radius 1 is 1.03 bits per heavy atom. The lowest BCUT2D eigenvalue weighted by molar-refractivity contribution is 0.170. The van der Waals surface area contributed by atoms with Crippen LogP contribution in [0.3, 0.4) is 0 Å². The average Bonchev–Trinajstić information content (AvgIpc) is 3.38. The van der Waals surface area contributed by atoms with Crippen molar-refractivity contribution in [2.75, 3.05) is 19.8 Å². The van der Waals surface area contributed by atoms with Gasteiger partial charge in [-0.05, 0) is 60.7 Å². The molecule has 1 atom stereocenters. The zero-order valence-corrected chi connectivity index (χ0v) is 17.1. The highest BCUT2D eigenvalue weighted by Crippen LogP contribution is 2.39. The second-order valence-electron chi connectivity index (χ2n) is 8.08. The predicted octanol–water partition coefficient (Wildman–Crippen LogP) is 4.50. The van der Waals surface area contributed by atoms with Gasteiger partial charge in [-0.1, -0.05) is 24.3 Å². The van der Waals surface area contributed by atoms with Gasteiger partial charge in [-0.3, -0.25) is 9.58 Å². The molecule has 0 amide bonds. The van der Waals surface area contributed by atoms with Crippen LogP contribution in [-0.2, 0) is 13.6 Å². The van der Waals surface area contributed by atoms with Crippen LogP contribution in [0.15, 0.2) is 48.8 Å². The van der Waals surface area contributed by atoms with E-state index in [1.54, 1.807) is 0 Å². The van der Waals surface area contributed by atoms with E-state index in [0.717, 1.165) is 30.2 Å². The van der Waals surface area contributed by atoms with E-state index in [1.165, 1.54) is 35.1 Å². The Bertz CT molecular complexity index is 1030. The third-order valence-corrected chi connectivity index (χ3v) is 6.07. The molecule has 0 radical (unpaired) electrons. The highest BCUT2D eigenvalue weighted by molar-refractivity contribution is 5.63. The van der Waals surface area contributed by atoms with E-state index in [9.17, 15) is 0 Å². The average molecular weight is 389 g/mol. The Kier molecular flexibility index (Phi) is 4.76. The van der Waals surface area contributed by atoms with Crippen molar-refractivity contribution < 1.29 is 9.47 Å². The van der Waals surface area contributed by atoms with Crippen molar-refractivity contribution in [3.05, 3.63) is 65.5 Å². The highest BCUT2D eigenvalue weighted by Gasteiger charge is 2.27. The van der Waals surface area contributed by atoms with Gasteiger partial charge in [0.1, 0.15) is 13.2 Å². The Hall–Kier alpha value is -2.79. The third kappa shape index (κ3) is 3.62. The van der Waals surface area contributed by atoms with Crippen molar-refractivity contribution in [2.45, 2.75) is 32.4 Å². The van der Waals surface area contributed by atoms with Gasteiger partial charge in [0, 0.05) is 31.4 Å². The topological polar surface area (TPSA) is 39.5 Å². The molecule has 1 saturated heterocycles. The van der Waals surface area contributed by atoms with Gasteiger partial charge in [0.2, 0.25) is 0 Å². The molecule has 5 heteroatoms. The minimum absolute atomic E-state index is 0.434. The first-order valence-corrected chi connectivity index (χ1v) is 10.4. The van der Waals surface area contributed by atoms with Crippen LogP contribution in [0.4, 0.5) is 0 Å². The summed E-state index contributed by atoms with van der Waals surface area (Å²) >= 11 is 0. The third-order valence-electron chi connectivity index (χ3n) is 6.07. The van der Waals surface area contributed by atoms with Crippen LogP contribution in [0, 0.1) is 6.92 Å². The number of aryl methyl sites for hydroxylation is 2. The Balaban J connectivity index is 1.36. The van der Waals surface area contributed by atoms with Gasteiger partial charge in [-0.15, -0.1) is 0 Å². The molecule has 2 aliphatic heterocycles. The van der Waals surface area contributed by atoms with E-state index in [-0.39, 0.29) is 0 Å². The number of hydrogen-bond donors (Lipinski definition) is 0. The number of nitrogens with zero attached hydrogens (tertiary/aromatic N) is 3. The van der Waals surface area contributed by atoms with E-state index in [4.69, 9.17) is 9.47 Å². The Labute approximate surface area is 171 Å². The summed E-state index contributed by atoms with van der Waals surface area (Å²) in [5.74, 6) is 1.75. The summed E-state index contributed by atoms with van der Waals surface area (Å²) in [6, 6.07) is 13.6. The van der Waals surface area contributed by atoms with Crippen LogP contribution in [0.1, 0.15) is 35.6 Å². The van der Waals surface area contributed by atoms with Crippen LogP contribution in [0.5, 0.6) is 11.5 Å². The lowest BCUT2D eigenvalue weighted by Crippen LogP contribution is -2.23. The van der Waals surface area contributed by atoms with Crippen molar-refractivity contribution in [1.29, 1.82) is 0 Å². The number of rotatable bonds is 4. The molecule has 2 aromatic carbocycles. The van der Waals surface area contributed by atoms with Gasteiger partial charge in [-0.25, -0.2) is 0 Å². The Morgan fingerprint density at radius 3 is 2.69 bits per heavy atom. The van der Waals surface area contributed by atoms with Crippen molar-refractivity contribution in [1.82, 2.24) is 14.7 Å². The smallest absolute Gasteiger partial charge is 0.161 e. The van der Waals surface area contributed by atoms with Crippen LogP contribution in [-0.4, -0.2) is 34.4 Å². The zero-order valence-electron chi connectivity index (χ0n) is 17.1. The summed E-state index contributed by atoms with van der Waals surface area (Å²) < 4.78 is 13.3.